The second-order valence-electron chi connectivity index (χ2n) is 3.50. The van der Waals surface area contributed by atoms with E-state index in [1.807, 2.05) is 0 Å². The van der Waals surface area contributed by atoms with Gasteiger partial charge >= 0.3 is 0 Å². The van der Waals surface area contributed by atoms with Crippen LogP contribution in [0, 0.1) is 18.8 Å². The minimum absolute atomic E-state index is 0.0147. The Balaban J connectivity index is 2.72. The zero-order valence-corrected chi connectivity index (χ0v) is 10.6. The van der Waals surface area contributed by atoms with Gasteiger partial charge in [0.2, 0.25) is 0 Å². The third kappa shape index (κ3) is 4.43. The minimum atomic E-state index is -2.56. The van der Waals surface area contributed by atoms with E-state index in [2.05, 4.69) is 17.2 Å². The van der Waals surface area contributed by atoms with E-state index in [4.69, 9.17) is 5.11 Å². The summed E-state index contributed by atoms with van der Waals surface area (Å²) in [5.41, 5.74) is 0.827. The number of aliphatic hydroxyl groups is 1. The number of amides is 1. The molecule has 0 bridgehead atoms. The lowest BCUT2D eigenvalue weighted by molar-refractivity contribution is 0.0895. The Morgan fingerprint density at radius 1 is 1.61 bits per heavy atom. The maximum absolute atomic E-state index is 11.9. The Hall–Kier alpha value is -1.45. The van der Waals surface area contributed by atoms with Crippen LogP contribution in [0.2, 0.25) is 0 Å². The maximum atomic E-state index is 11.9. The van der Waals surface area contributed by atoms with Crippen molar-refractivity contribution >= 4 is 17.2 Å². The molecular weight excluding hydrogens is 260 g/mol. The van der Waals surface area contributed by atoms with Crippen LogP contribution in [0.3, 0.4) is 0 Å². The van der Waals surface area contributed by atoms with E-state index >= 15 is 0 Å². The number of nitrogens with one attached hydrogen (secondary N) is 1. The number of halogens is 2. The van der Waals surface area contributed by atoms with Crippen LogP contribution in [-0.2, 0) is 0 Å². The van der Waals surface area contributed by atoms with Crippen LogP contribution >= 0.6 is 11.3 Å². The Labute approximate surface area is 108 Å². The molecule has 1 rings (SSSR count). The summed E-state index contributed by atoms with van der Waals surface area (Å²) in [6.07, 6.45) is -2.19. The normalized spacial score (nSPS) is 10.1. The number of hydrogen-bond donors (Lipinski definition) is 2. The molecule has 0 aromatic carbocycles. The van der Waals surface area contributed by atoms with Crippen molar-refractivity contribution in [2.75, 3.05) is 13.2 Å². The van der Waals surface area contributed by atoms with Crippen molar-refractivity contribution in [1.29, 1.82) is 0 Å². The highest BCUT2D eigenvalue weighted by Crippen LogP contribution is 2.20. The molecule has 0 unspecified atom stereocenters. The number of rotatable bonds is 4. The van der Waals surface area contributed by atoms with E-state index in [1.54, 1.807) is 13.0 Å². The number of carbonyl (C=O) groups excluding carboxylic acids is 1. The van der Waals surface area contributed by atoms with Crippen LogP contribution in [-0.4, -0.2) is 30.6 Å². The molecule has 1 aromatic heterocycles. The van der Waals surface area contributed by atoms with Crippen molar-refractivity contribution in [1.82, 2.24) is 5.32 Å². The molecule has 0 fully saturated rings. The lowest BCUT2D eigenvalue weighted by atomic mass is 10.2. The first-order valence-corrected chi connectivity index (χ1v) is 6.12. The van der Waals surface area contributed by atoms with Crippen LogP contribution in [0.4, 0.5) is 8.78 Å². The molecule has 1 aromatic rings. The molecule has 0 atom stereocenters. The zero-order valence-electron chi connectivity index (χ0n) is 9.80. The summed E-state index contributed by atoms with van der Waals surface area (Å²) in [5.74, 6) is 5.07. The van der Waals surface area contributed by atoms with Crippen molar-refractivity contribution in [3.8, 4) is 11.8 Å². The quantitative estimate of drug-likeness (QED) is 0.822. The molecule has 98 valence electrons. The lowest BCUT2D eigenvalue weighted by Gasteiger charge is -2.00. The highest BCUT2D eigenvalue weighted by Gasteiger charge is 2.12. The Kier molecular flexibility index (Phi) is 5.75. The fourth-order valence-corrected chi connectivity index (χ4v) is 2.14. The first-order valence-electron chi connectivity index (χ1n) is 5.31. The molecular formula is C12H13F2NO2S. The molecule has 0 aliphatic heterocycles. The van der Waals surface area contributed by atoms with Gasteiger partial charge in [-0.2, -0.15) is 0 Å². The largest absolute Gasteiger partial charge is 0.395 e. The highest BCUT2D eigenvalue weighted by molar-refractivity contribution is 7.14. The molecule has 0 aliphatic rings. The Morgan fingerprint density at radius 2 is 2.33 bits per heavy atom. The standard InChI is InChI=1S/C12H13F2NO2S/c1-8-6-10(12(17)15-7-11(13)14)18-9(8)4-2-3-5-16/h6,11,16H,3,5,7H2,1H3,(H,15,17). The summed E-state index contributed by atoms with van der Waals surface area (Å²) >= 11 is 1.16. The van der Waals surface area contributed by atoms with Gasteiger partial charge in [-0.25, -0.2) is 8.78 Å². The summed E-state index contributed by atoms with van der Waals surface area (Å²) in [4.78, 5) is 12.6. The first kappa shape index (κ1) is 14.6. The summed E-state index contributed by atoms with van der Waals surface area (Å²) < 4.78 is 23.9. The van der Waals surface area contributed by atoms with Gasteiger partial charge in [-0.15, -0.1) is 11.3 Å². The zero-order chi connectivity index (χ0) is 13.5. The molecule has 18 heavy (non-hydrogen) atoms. The van der Waals surface area contributed by atoms with Crippen molar-refractivity contribution in [2.24, 2.45) is 0 Å². The van der Waals surface area contributed by atoms with Gasteiger partial charge < -0.3 is 10.4 Å². The molecule has 1 heterocycles. The average Bonchev–Trinajstić information content (AvgIpc) is 2.68. The molecule has 6 heteroatoms. The summed E-state index contributed by atoms with van der Waals surface area (Å²) in [5, 5.41) is 10.7. The summed E-state index contributed by atoms with van der Waals surface area (Å²) in [6, 6.07) is 1.62. The number of aliphatic hydroxyl groups excluding tert-OH is 1. The Morgan fingerprint density at radius 3 is 2.94 bits per heavy atom. The summed E-state index contributed by atoms with van der Waals surface area (Å²) in [7, 11) is 0. The lowest BCUT2D eigenvalue weighted by Crippen LogP contribution is -2.27. The predicted molar refractivity (Wildman–Crippen MR) is 66.0 cm³/mol. The number of aryl methyl sites for hydroxylation is 1. The molecule has 0 saturated carbocycles. The van der Waals surface area contributed by atoms with E-state index in [9.17, 15) is 13.6 Å². The number of hydrogen-bond acceptors (Lipinski definition) is 3. The van der Waals surface area contributed by atoms with E-state index in [1.165, 1.54) is 0 Å². The third-order valence-corrected chi connectivity index (χ3v) is 3.15. The van der Waals surface area contributed by atoms with Crippen molar-refractivity contribution < 1.29 is 18.7 Å². The van der Waals surface area contributed by atoms with Gasteiger partial charge in [0, 0.05) is 6.42 Å². The van der Waals surface area contributed by atoms with Crippen molar-refractivity contribution in [3.63, 3.8) is 0 Å². The Bertz CT molecular complexity index is 474. The predicted octanol–water partition coefficient (Wildman–Crippen LogP) is 1.79. The SMILES string of the molecule is Cc1cc(C(=O)NCC(F)F)sc1C#CCCO. The monoisotopic (exact) mass is 273 g/mol. The highest BCUT2D eigenvalue weighted by atomic mass is 32.1. The fraction of sp³-hybridized carbons (Fsp3) is 0.417. The van der Waals surface area contributed by atoms with Crippen LogP contribution in [0.1, 0.15) is 26.5 Å². The fourth-order valence-electron chi connectivity index (χ4n) is 1.17. The molecule has 1 amide bonds. The van der Waals surface area contributed by atoms with Crippen LogP contribution in [0.5, 0.6) is 0 Å². The second-order valence-corrected chi connectivity index (χ2v) is 4.55. The number of alkyl halides is 2. The topological polar surface area (TPSA) is 49.3 Å². The van der Waals surface area contributed by atoms with Crippen molar-refractivity contribution in [3.05, 3.63) is 21.4 Å². The van der Waals surface area contributed by atoms with E-state index in [0.29, 0.717) is 16.2 Å². The molecule has 0 saturated heterocycles. The van der Waals surface area contributed by atoms with E-state index in [-0.39, 0.29) is 6.61 Å². The van der Waals surface area contributed by atoms with Crippen LogP contribution in [0.15, 0.2) is 6.07 Å². The third-order valence-electron chi connectivity index (χ3n) is 2.00. The molecule has 0 radical (unpaired) electrons. The van der Waals surface area contributed by atoms with E-state index in [0.717, 1.165) is 16.9 Å². The molecule has 0 spiro atoms. The average molecular weight is 273 g/mol. The number of carbonyl (C=O) groups is 1. The van der Waals surface area contributed by atoms with Gasteiger partial charge in [0.05, 0.1) is 22.9 Å². The van der Waals surface area contributed by atoms with E-state index < -0.39 is 18.9 Å². The van der Waals surface area contributed by atoms with Gasteiger partial charge in [-0.05, 0) is 18.6 Å². The second kappa shape index (κ2) is 7.09. The van der Waals surface area contributed by atoms with Crippen molar-refractivity contribution in [2.45, 2.75) is 19.8 Å². The van der Waals surface area contributed by atoms with Gasteiger partial charge in [-0.3, -0.25) is 4.79 Å². The molecule has 0 aliphatic carbocycles. The maximum Gasteiger partial charge on any atom is 0.261 e. The van der Waals surface area contributed by atoms with Crippen LogP contribution < -0.4 is 5.32 Å². The smallest absolute Gasteiger partial charge is 0.261 e. The van der Waals surface area contributed by atoms with Gasteiger partial charge in [-0.1, -0.05) is 11.8 Å². The molecule has 3 nitrogen and oxygen atoms in total. The van der Waals surface area contributed by atoms with Gasteiger partial charge in [0.25, 0.3) is 12.3 Å². The number of thiophene rings is 1. The van der Waals surface area contributed by atoms with Gasteiger partial charge in [0.1, 0.15) is 0 Å². The first-order chi connectivity index (χ1) is 8.54. The summed E-state index contributed by atoms with van der Waals surface area (Å²) in [6.45, 7) is 1.13. The van der Waals surface area contributed by atoms with Crippen LogP contribution in [0.25, 0.3) is 0 Å². The molecule has 2 N–H and O–H groups in total. The van der Waals surface area contributed by atoms with Gasteiger partial charge in [0.15, 0.2) is 0 Å². The minimum Gasteiger partial charge on any atom is -0.395 e.